The second-order valence-corrected chi connectivity index (χ2v) is 6.96. The quantitative estimate of drug-likeness (QED) is 0.841. The Labute approximate surface area is 142 Å². The number of benzene rings is 1. The van der Waals surface area contributed by atoms with Crippen molar-refractivity contribution >= 4 is 6.09 Å². The average Bonchev–Trinajstić information content (AvgIpc) is 3.17. The highest BCUT2D eigenvalue weighted by Crippen LogP contribution is 2.25. The van der Waals surface area contributed by atoms with Gasteiger partial charge in [0.25, 0.3) is 0 Å². The monoisotopic (exact) mass is 329 g/mol. The Kier molecular flexibility index (Phi) is 4.51. The Morgan fingerprint density at radius 3 is 2.58 bits per heavy atom. The maximum atomic E-state index is 12.1. The van der Waals surface area contributed by atoms with Crippen LogP contribution in [0.2, 0.25) is 0 Å². The molecule has 0 bridgehead atoms. The first-order valence-corrected chi connectivity index (χ1v) is 8.19. The topological polar surface area (TPSA) is 51.9 Å². The van der Waals surface area contributed by atoms with Crippen LogP contribution < -0.4 is 4.74 Å². The van der Waals surface area contributed by atoms with Crippen molar-refractivity contribution in [2.45, 2.75) is 38.9 Å². The summed E-state index contributed by atoms with van der Waals surface area (Å²) < 4.78 is 16.8. The summed E-state index contributed by atoms with van der Waals surface area (Å²) in [6, 6.07) is 11.6. The lowest BCUT2D eigenvalue weighted by atomic mass is 10.1. The van der Waals surface area contributed by atoms with E-state index in [0.29, 0.717) is 13.1 Å². The van der Waals surface area contributed by atoms with Gasteiger partial charge >= 0.3 is 6.09 Å². The molecule has 1 aromatic carbocycles. The largest absolute Gasteiger partial charge is 0.489 e. The van der Waals surface area contributed by atoms with Gasteiger partial charge in [-0.25, -0.2) is 4.79 Å². The third-order valence-electron chi connectivity index (χ3n) is 3.76. The van der Waals surface area contributed by atoms with Gasteiger partial charge in [-0.15, -0.1) is 0 Å². The summed E-state index contributed by atoms with van der Waals surface area (Å²) in [4.78, 5) is 13.8. The molecule has 1 aliphatic heterocycles. The van der Waals surface area contributed by atoms with Crippen molar-refractivity contribution < 1.29 is 18.7 Å². The Morgan fingerprint density at radius 2 is 1.96 bits per heavy atom. The summed E-state index contributed by atoms with van der Waals surface area (Å²) in [6.07, 6.45) is 2.18. The molecular weight excluding hydrogens is 306 g/mol. The maximum absolute atomic E-state index is 12.1. The van der Waals surface area contributed by atoms with Crippen molar-refractivity contribution in [2.75, 3.05) is 13.1 Å². The van der Waals surface area contributed by atoms with Crippen molar-refractivity contribution in [2.24, 2.45) is 0 Å². The summed E-state index contributed by atoms with van der Waals surface area (Å²) in [6.45, 7) is 6.82. The highest BCUT2D eigenvalue weighted by Gasteiger charge is 2.30. The van der Waals surface area contributed by atoms with Crippen molar-refractivity contribution in [1.29, 1.82) is 0 Å². The standard InChI is InChI=1S/C19H23NO4/c1-19(2,3)24-18(21)20-11-10-16(13-20)23-15-8-6-14(7-9-15)17-5-4-12-22-17/h4-9,12,16H,10-11,13H2,1-3H3. The minimum absolute atomic E-state index is 0.00742. The van der Waals surface area contributed by atoms with Gasteiger partial charge in [-0.2, -0.15) is 0 Å². The van der Waals surface area contributed by atoms with E-state index in [9.17, 15) is 4.79 Å². The van der Waals surface area contributed by atoms with Crippen molar-refractivity contribution in [3.8, 4) is 17.1 Å². The maximum Gasteiger partial charge on any atom is 0.410 e. The molecule has 5 heteroatoms. The van der Waals surface area contributed by atoms with Gasteiger partial charge in [0.15, 0.2) is 0 Å². The fourth-order valence-electron chi connectivity index (χ4n) is 2.65. The molecule has 128 valence electrons. The Morgan fingerprint density at radius 1 is 1.21 bits per heavy atom. The number of likely N-dealkylation sites (tertiary alicyclic amines) is 1. The van der Waals surface area contributed by atoms with Crippen molar-refractivity contribution in [3.63, 3.8) is 0 Å². The number of carbonyl (C=O) groups excluding carboxylic acids is 1. The predicted octanol–water partition coefficient (Wildman–Crippen LogP) is 4.33. The van der Waals surface area contributed by atoms with Crippen LogP contribution >= 0.6 is 0 Å². The van der Waals surface area contributed by atoms with E-state index in [0.717, 1.165) is 23.5 Å². The van der Waals surface area contributed by atoms with E-state index >= 15 is 0 Å². The summed E-state index contributed by atoms with van der Waals surface area (Å²) >= 11 is 0. The lowest BCUT2D eigenvalue weighted by molar-refractivity contribution is 0.0275. The lowest BCUT2D eigenvalue weighted by Crippen LogP contribution is -2.36. The van der Waals surface area contributed by atoms with Crippen LogP contribution in [0.1, 0.15) is 27.2 Å². The van der Waals surface area contributed by atoms with Gasteiger partial charge in [-0.1, -0.05) is 0 Å². The second kappa shape index (κ2) is 6.59. The first kappa shape index (κ1) is 16.4. The number of nitrogens with zero attached hydrogens (tertiary/aromatic N) is 1. The molecule has 0 saturated carbocycles. The van der Waals surface area contributed by atoms with E-state index in [-0.39, 0.29) is 12.2 Å². The SMILES string of the molecule is CC(C)(C)OC(=O)N1CCC(Oc2ccc(-c3ccco3)cc2)C1. The highest BCUT2D eigenvalue weighted by atomic mass is 16.6. The van der Waals surface area contributed by atoms with Crippen LogP contribution in [0.4, 0.5) is 4.79 Å². The number of furan rings is 1. The molecule has 24 heavy (non-hydrogen) atoms. The van der Waals surface area contributed by atoms with E-state index in [1.54, 1.807) is 11.2 Å². The van der Waals surface area contributed by atoms with Gasteiger partial charge in [-0.05, 0) is 57.2 Å². The number of hydrogen-bond acceptors (Lipinski definition) is 4. The number of hydrogen-bond donors (Lipinski definition) is 0. The van der Waals surface area contributed by atoms with Gasteiger partial charge in [-0.3, -0.25) is 0 Å². The van der Waals surface area contributed by atoms with E-state index in [1.807, 2.05) is 57.2 Å². The molecule has 1 aliphatic rings. The zero-order valence-electron chi connectivity index (χ0n) is 14.3. The second-order valence-electron chi connectivity index (χ2n) is 6.96. The van der Waals surface area contributed by atoms with Crippen LogP contribution in [-0.2, 0) is 4.74 Å². The fourth-order valence-corrected chi connectivity index (χ4v) is 2.65. The molecule has 2 aromatic rings. The average molecular weight is 329 g/mol. The smallest absolute Gasteiger partial charge is 0.410 e. The van der Waals surface area contributed by atoms with Crippen LogP contribution in [0.3, 0.4) is 0 Å². The molecule has 3 rings (SSSR count). The molecule has 1 unspecified atom stereocenters. The normalized spacial score (nSPS) is 17.8. The molecule has 1 fully saturated rings. The summed E-state index contributed by atoms with van der Waals surface area (Å²) in [5.41, 5.74) is 0.534. The van der Waals surface area contributed by atoms with Crippen LogP contribution in [0.5, 0.6) is 5.75 Å². The van der Waals surface area contributed by atoms with E-state index in [1.165, 1.54) is 0 Å². The summed E-state index contributed by atoms with van der Waals surface area (Å²) in [5, 5.41) is 0. The van der Waals surface area contributed by atoms with Gasteiger partial charge in [0.2, 0.25) is 0 Å². The van der Waals surface area contributed by atoms with Gasteiger partial charge in [0, 0.05) is 18.5 Å². The molecule has 2 heterocycles. The molecule has 0 aliphatic carbocycles. The van der Waals surface area contributed by atoms with Crippen molar-refractivity contribution in [3.05, 3.63) is 42.7 Å². The minimum atomic E-state index is -0.474. The van der Waals surface area contributed by atoms with Gasteiger partial charge < -0.3 is 18.8 Å². The Hall–Kier alpha value is -2.43. The van der Waals surface area contributed by atoms with Crippen LogP contribution in [0.15, 0.2) is 47.1 Å². The van der Waals surface area contributed by atoms with E-state index in [4.69, 9.17) is 13.9 Å². The fraction of sp³-hybridized carbons (Fsp3) is 0.421. The molecule has 0 radical (unpaired) electrons. The number of rotatable bonds is 3. The molecule has 1 atom stereocenters. The Balaban J connectivity index is 1.55. The van der Waals surface area contributed by atoms with Crippen LogP contribution in [-0.4, -0.2) is 35.8 Å². The molecule has 1 amide bonds. The molecule has 0 spiro atoms. The molecule has 1 saturated heterocycles. The van der Waals surface area contributed by atoms with Gasteiger partial charge in [0.05, 0.1) is 12.8 Å². The zero-order chi connectivity index (χ0) is 17.2. The summed E-state index contributed by atoms with van der Waals surface area (Å²) in [7, 11) is 0. The summed E-state index contributed by atoms with van der Waals surface area (Å²) in [5.74, 6) is 1.62. The highest BCUT2D eigenvalue weighted by molar-refractivity contribution is 5.68. The molecule has 5 nitrogen and oxygen atoms in total. The number of ether oxygens (including phenoxy) is 2. The van der Waals surface area contributed by atoms with Gasteiger partial charge in [0.1, 0.15) is 23.2 Å². The minimum Gasteiger partial charge on any atom is -0.489 e. The van der Waals surface area contributed by atoms with E-state index < -0.39 is 5.60 Å². The first-order chi connectivity index (χ1) is 11.4. The molecular formula is C19H23NO4. The number of amides is 1. The number of carbonyl (C=O) groups is 1. The lowest BCUT2D eigenvalue weighted by Gasteiger charge is -2.24. The third kappa shape index (κ3) is 4.10. The van der Waals surface area contributed by atoms with Crippen molar-refractivity contribution in [1.82, 2.24) is 4.90 Å². The predicted molar refractivity (Wildman–Crippen MR) is 91.0 cm³/mol. The third-order valence-corrected chi connectivity index (χ3v) is 3.76. The molecule has 1 aromatic heterocycles. The van der Waals surface area contributed by atoms with Crippen LogP contribution in [0.25, 0.3) is 11.3 Å². The molecule has 0 N–H and O–H groups in total. The Bertz CT molecular complexity index is 670. The first-order valence-electron chi connectivity index (χ1n) is 8.19. The van der Waals surface area contributed by atoms with Crippen LogP contribution in [0, 0.1) is 0 Å². The zero-order valence-corrected chi connectivity index (χ0v) is 14.3. The van der Waals surface area contributed by atoms with E-state index in [2.05, 4.69) is 0 Å².